The van der Waals surface area contributed by atoms with Gasteiger partial charge in [0.15, 0.2) is 0 Å². The highest BCUT2D eigenvalue weighted by Crippen LogP contribution is 2.29. The molecule has 2 heterocycles. The van der Waals surface area contributed by atoms with Gasteiger partial charge in [-0.3, -0.25) is 4.79 Å². The molecular formula is C21H27Cl2N3O4S. The number of amides is 1. The van der Waals surface area contributed by atoms with Crippen LogP contribution in [0.25, 0.3) is 0 Å². The number of nitrogens with one attached hydrogen (secondary N) is 2. The van der Waals surface area contributed by atoms with Gasteiger partial charge in [-0.05, 0) is 57.0 Å². The van der Waals surface area contributed by atoms with E-state index in [9.17, 15) is 13.2 Å². The van der Waals surface area contributed by atoms with Crippen molar-refractivity contribution in [1.29, 1.82) is 0 Å². The molecule has 1 fully saturated rings. The van der Waals surface area contributed by atoms with Crippen molar-refractivity contribution in [3.63, 3.8) is 0 Å². The van der Waals surface area contributed by atoms with E-state index < -0.39 is 15.9 Å². The van der Waals surface area contributed by atoms with Gasteiger partial charge in [0.25, 0.3) is 5.91 Å². The number of carbonyl (C=O) groups is 1. The minimum atomic E-state index is -3.97. The molecule has 0 radical (unpaired) electrons. The summed E-state index contributed by atoms with van der Waals surface area (Å²) < 4.78 is 32.9. The Labute approximate surface area is 193 Å². The highest BCUT2D eigenvalue weighted by atomic mass is 35.5. The van der Waals surface area contributed by atoms with Gasteiger partial charge in [-0.1, -0.05) is 29.6 Å². The molecular weight excluding hydrogens is 461 g/mol. The number of likely N-dealkylation sites (tertiary alicyclic amines) is 1. The van der Waals surface area contributed by atoms with Gasteiger partial charge in [0, 0.05) is 19.1 Å². The van der Waals surface area contributed by atoms with Gasteiger partial charge in [0.05, 0.1) is 28.4 Å². The Morgan fingerprint density at radius 1 is 1.26 bits per heavy atom. The zero-order valence-electron chi connectivity index (χ0n) is 17.4. The minimum Gasteiger partial charge on any atom is -0.468 e. The topological polar surface area (TPSA) is 91.7 Å². The second-order valence-corrected chi connectivity index (χ2v) is 10.2. The van der Waals surface area contributed by atoms with Crippen LogP contribution in [0.1, 0.15) is 48.7 Å². The second kappa shape index (κ2) is 10.8. The maximum absolute atomic E-state index is 12.7. The van der Waals surface area contributed by atoms with Gasteiger partial charge in [-0.25, -0.2) is 13.1 Å². The molecule has 3 rings (SSSR count). The van der Waals surface area contributed by atoms with E-state index in [0.717, 1.165) is 19.5 Å². The third-order valence-electron chi connectivity index (χ3n) is 5.42. The summed E-state index contributed by atoms with van der Waals surface area (Å²) in [6, 6.07) is 6.35. The summed E-state index contributed by atoms with van der Waals surface area (Å²) in [4.78, 5) is 14.9. The van der Waals surface area contributed by atoms with Crippen LogP contribution in [-0.2, 0) is 16.6 Å². The van der Waals surface area contributed by atoms with E-state index in [1.54, 1.807) is 12.1 Å². The first-order valence-corrected chi connectivity index (χ1v) is 12.5. The predicted molar refractivity (Wildman–Crippen MR) is 121 cm³/mol. The van der Waals surface area contributed by atoms with Gasteiger partial charge in [0.1, 0.15) is 10.7 Å². The van der Waals surface area contributed by atoms with Crippen molar-refractivity contribution in [3.05, 3.63) is 51.9 Å². The van der Waals surface area contributed by atoms with Crippen LogP contribution < -0.4 is 10.0 Å². The second-order valence-electron chi connectivity index (χ2n) is 7.66. The van der Waals surface area contributed by atoms with Crippen molar-refractivity contribution < 1.29 is 17.6 Å². The van der Waals surface area contributed by atoms with E-state index in [2.05, 4.69) is 21.9 Å². The molecule has 0 bridgehead atoms. The Morgan fingerprint density at radius 2 is 2.06 bits per heavy atom. The average Bonchev–Trinajstić information content (AvgIpc) is 3.24. The predicted octanol–water partition coefficient (Wildman–Crippen LogP) is 4.06. The van der Waals surface area contributed by atoms with Gasteiger partial charge >= 0.3 is 0 Å². The molecule has 1 saturated heterocycles. The SMILES string of the molecule is CC1CCCCN1CCCNC(=O)c1cc(S(=O)(=O)NCc2ccco2)c(Cl)cc1Cl. The van der Waals surface area contributed by atoms with Crippen molar-refractivity contribution in [1.82, 2.24) is 14.9 Å². The Bertz CT molecular complexity index is 996. The van der Waals surface area contributed by atoms with Crippen molar-refractivity contribution in [2.45, 2.75) is 50.1 Å². The van der Waals surface area contributed by atoms with Crippen LogP contribution in [-0.4, -0.2) is 44.9 Å². The number of hydrogen-bond donors (Lipinski definition) is 2. The molecule has 31 heavy (non-hydrogen) atoms. The van der Waals surface area contributed by atoms with Crippen molar-refractivity contribution in [2.75, 3.05) is 19.6 Å². The zero-order valence-corrected chi connectivity index (χ0v) is 19.7. The lowest BCUT2D eigenvalue weighted by Crippen LogP contribution is -2.39. The van der Waals surface area contributed by atoms with Gasteiger partial charge in [0.2, 0.25) is 10.0 Å². The largest absolute Gasteiger partial charge is 0.468 e. The lowest BCUT2D eigenvalue weighted by molar-refractivity contribution is 0.0949. The summed E-state index contributed by atoms with van der Waals surface area (Å²) in [6.07, 6.45) is 5.94. The molecule has 1 aliphatic heterocycles. The molecule has 1 aromatic carbocycles. The van der Waals surface area contributed by atoms with Crippen LogP contribution in [0.3, 0.4) is 0 Å². The van der Waals surface area contributed by atoms with Crippen LogP contribution in [0.15, 0.2) is 39.8 Å². The van der Waals surface area contributed by atoms with Gasteiger partial charge in [-0.15, -0.1) is 0 Å². The fourth-order valence-corrected chi connectivity index (χ4v) is 5.49. The Morgan fingerprint density at radius 3 is 2.77 bits per heavy atom. The average molecular weight is 488 g/mol. The van der Waals surface area contributed by atoms with E-state index in [4.69, 9.17) is 27.6 Å². The standard InChI is InChI=1S/C21H27Cl2N3O4S/c1-15-6-2-3-9-26(15)10-5-8-24-21(27)17-12-20(19(23)13-18(17)22)31(28,29)25-14-16-7-4-11-30-16/h4,7,11-13,15,25H,2-3,5-6,8-10,14H2,1H3,(H,24,27). The summed E-state index contributed by atoms with van der Waals surface area (Å²) in [5, 5.41) is 2.86. The minimum absolute atomic E-state index is 0.0370. The third-order valence-corrected chi connectivity index (χ3v) is 7.60. The van der Waals surface area contributed by atoms with Crippen LogP contribution in [0.4, 0.5) is 0 Å². The van der Waals surface area contributed by atoms with Crippen molar-refractivity contribution in [2.24, 2.45) is 0 Å². The van der Waals surface area contributed by atoms with Crippen molar-refractivity contribution in [3.8, 4) is 0 Å². The number of sulfonamides is 1. The lowest BCUT2D eigenvalue weighted by atomic mass is 10.0. The van der Waals surface area contributed by atoms with Crippen LogP contribution >= 0.6 is 23.2 Å². The molecule has 1 atom stereocenters. The van der Waals surface area contributed by atoms with Crippen molar-refractivity contribution >= 4 is 39.1 Å². The number of benzene rings is 1. The smallest absolute Gasteiger partial charge is 0.252 e. The summed E-state index contributed by atoms with van der Waals surface area (Å²) in [7, 11) is -3.97. The Balaban J connectivity index is 1.61. The van der Waals surface area contributed by atoms with Crippen LogP contribution in [0.2, 0.25) is 10.0 Å². The number of furan rings is 1. The molecule has 0 saturated carbocycles. The monoisotopic (exact) mass is 487 g/mol. The number of nitrogens with zero attached hydrogens (tertiary/aromatic N) is 1. The first-order chi connectivity index (χ1) is 14.8. The number of rotatable bonds is 9. The molecule has 1 aliphatic rings. The number of halogens is 2. The summed E-state index contributed by atoms with van der Waals surface area (Å²) in [5.74, 6) is 0.0190. The first-order valence-electron chi connectivity index (χ1n) is 10.3. The molecule has 2 N–H and O–H groups in total. The number of carbonyl (C=O) groups excluding carboxylic acids is 1. The summed E-state index contributed by atoms with van der Waals surface area (Å²) in [6.45, 7) is 4.66. The van der Waals surface area contributed by atoms with Crippen LogP contribution in [0, 0.1) is 0 Å². The van der Waals surface area contributed by atoms with E-state index in [1.165, 1.54) is 37.7 Å². The Hall–Kier alpha value is -1.58. The molecule has 10 heteroatoms. The first kappa shape index (κ1) is 24.1. The highest BCUT2D eigenvalue weighted by molar-refractivity contribution is 7.89. The molecule has 0 spiro atoms. The maximum Gasteiger partial charge on any atom is 0.252 e. The summed E-state index contributed by atoms with van der Waals surface area (Å²) >= 11 is 12.3. The highest BCUT2D eigenvalue weighted by Gasteiger charge is 2.23. The zero-order chi connectivity index (χ0) is 22.4. The molecule has 170 valence electrons. The maximum atomic E-state index is 12.7. The van der Waals surface area contributed by atoms with E-state index in [1.807, 2.05) is 0 Å². The quantitative estimate of drug-likeness (QED) is 0.520. The normalized spacial score (nSPS) is 17.6. The number of hydrogen-bond acceptors (Lipinski definition) is 5. The fourth-order valence-electron chi connectivity index (χ4n) is 3.64. The molecule has 7 nitrogen and oxygen atoms in total. The molecule has 1 unspecified atom stereocenters. The van der Waals surface area contributed by atoms with E-state index in [0.29, 0.717) is 18.3 Å². The molecule has 2 aromatic rings. The van der Waals surface area contributed by atoms with Gasteiger partial charge < -0.3 is 14.6 Å². The number of piperidine rings is 1. The molecule has 0 aliphatic carbocycles. The van der Waals surface area contributed by atoms with E-state index >= 15 is 0 Å². The third kappa shape index (κ3) is 6.46. The lowest BCUT2D eigenvalue weighted by Gasteiger charge is -2.33. The van der Waals surface area contributed by atoms with Gasteiger partial charge in [-0.2, -0.15) is 0 Å². The summed E-state index contributed by atoms with van der Waals surface area (Å²) in [5.41, 5.74) is 0.0655. The Kier molecular flexibility index (Phi) is 8.41. The molecule has 1 amide bonds. The van der Waals surface area contributed by atoms with E-state index in [-0.39, 0.29) is 27.0 Å². The molecule has 1 aromatic heterocycles. The fraction of sp³-hybridized carbons (Fsp3) is 0.476. The van der Waals surface area contributed by atoms with Crippen LogP contribution in [0.5, 0.6) is 0 Å².